The highest BCUT2D eigenvalue weighted by Crippen LogP contribution is 2.34. The number of anilines is 1. The second-order valence-corrected chi connectivity index (χ2v) is 3.67. The first kappa shape index (κ1) is 9.46. The van der Waals surface area contributed by atoms with Gasteiger partial charge in [0.15, 0.2) is 0 Å². The van der Waals surface area contributed by atoms with Crippen LogP contribution in [0.4, 0.5) is 10.1 Å². The Kier molecular flexibility index (Phi) is 2.68. The van der Waals surface area contributed by atoms with Crippen molar-refractivity contribution in [3.05, 3.63) is 29.6 Å². The van der Waals surface area contributed by atoms with Crippen LogP contribution in [-0.4, -0.2) is 20.1 Å². The highest BCUT2D eigenvalue weighted by atomic mass is 19.1. The van der Waals surface area contributed by atoms with Gasteiger partial charge in [-0.15, -0.1) is 0 Å². The lowest BCUT2D eigenvalue weighted by atomic mass is 9.97. The third kappa shape index (κ3) is 1.60. The van der Waals surface area contributed by atoms with E-state index >= 15 is 0 Å². The molecule has 2 rings (SSSR count). The molecule has 2 nitrogen and oxygen atoms in total. The fraction of sp³-hybridized carbons (Fsp3) is 0.455. The second-order valence-electron chi connectivity index (χ2n) is 3.67. The molecule has 1 aliphatic heterocycles. The molecule has 1 aliphatic rings. The summed E-state index contributed by atoms with van der Waals surface area (Å²) in [4.78, 5) is 0. The molecule has 1 unspecified atom stereocenters. The highest BCUT2D eigenvalue weighted by Gasteiger charge is 2.24. The Morgan fingerprint density at radius 3 is 3.21 bits per heavy atom. The summed E-state index contributed by atoms with van der Waals surface area (Å²) in [6.45, 7) is 1.79. The maximum Gasteiger partial charge on any atom is 0.128 e. The smallest absolute Gasteiger partial charge is 0.128 e. The lowest BCUT2D eigenvalue weighted by Gasteiger charge is -2.09. The molecule has 0 radical (unpaired) electrons. The molecule has 1 heterocycles. The molecule has 0 spiro atoms. The number of fused-ring (bicyclic) bond motifs is 1. The summed E-state index contributed by atoms with van der Waals surface area (Å²) in [6, 6.07) is 5.23. The van der Waals surface area contributed by atoms with Crippen LogP contribution in [0.2, 0.25) is 0 Å². The van der Waals surface area contributed by atoms with E-state index in [-0.39, 0.29) is 5.82 Å². The summed E-state index contributed by atoms with van der Waals surface area (Å²) in [5.74, 6) is 0.243. The average molecular weight is 194 g/mol. The van der Waals surface area contributed by atoms with Gasteiger partial charge in [0.05, 0.1) is 0 Å². The largest absolute Gasteiger partial charge is 0.384 e. The van der Waals surface area contributed by atoms with Gasteiger partial charge in [-0.3, -0.25) is 0 Å². The molecule has 0 bridgehead atoms. The monoisotopic (exact) mass is 194 g/mol. The molecule has 1 aromatic carbocycles. The van der Waals surface area contributed by atoms with E-state index in [1.165, 1.54) is 6.07 Å². The summed E-state index contributed by atoms with van der Waals surface area (Å²) < 4.78 is 13.5. The van der Waals surface area contributed by atoms with Crippen molar-refractivity contribution in [1.82, 2.24) is 5.32 Å². The summed E-state index contributed by atoms with van der Waals surface area (Å²) in [7, 11) is 1.92. The van der Waals surface area contributed by atoms with E-state index in [0.717, 1.165) is 30.8 Å². The van der Waals surface area contributed by atoms with Crippen molar-refractivity contribution in [2.45, 2.75) is 12.3 Å². The van der Waals surface area contributed by atoms with E-state index in [2.05, 4.69) is 10.6 Å². The van der Waals surface area contributed by atoms with E-state index < -0.39 is 0 Å². The predicted molar refractivity (Wildman–Crippen MR) is 56.2 cm³/mol. The molecule has 14 heavy (non-hydrogen) atoms. The quantitative estimate of drug-likeness (QED) is 0.768. The van der Waals surface area contributed by atoms with Gasteiger partial charge in [0.25, 0.3) is 0 Å². The van der Waals surface area contributed by atoms with Crippen molar-refractivity contribution >= 4 is 5.69 Å². The fourth-order valence-electron chi connectivity index (χ4n) is 2.01. The number of hydrogen-bond donors (Lipinski definition) is 2. The SMILES string of the molecule is CNCCC1CNc2cccc(F)c21. The Balaban J connectivity index is 2.20. The van der Waals surface area contributed by atoms with Crippen LogP contribution in [-0.2, 0) is 0 Å². The Morgan fingerprint density at radius 1 is 1.57 bits per heavy atom. The van der Waals surface area contributed by atoms with E-state index in [0.29, 0.717) is 5.92 Å². The van der Waals surface area contributed by atoms with Gasteiger partial charge >= 0.3 is 0 Å². The zero-order chi connectivity index (χ0) is 9.97. The molecule has 1 atom stereocenters. The standard InChI is InChI=1S/C11H15FN2/c1-13-6-5-8-7-14-10-4-2-3-9(12)11(8)10/h2-4,8,13-14H,5-7H2,1H3. The molecule has 0 aromatic heterocycles. The minimum atomic E-state index is -0.0754. The van der Waals surface area contributed by atoms with Gasteiger partial charge in [-0.25, -0.2) is 4.39 Å². The van der Waals surface area contributed by atoms with Crippen LogP contribution in [0.3, 0.4) is 0 Å². The third-order valence-corrected chi connectivity index (χ3v) is 2.74. The van der Waals surface area contributed by atoms with Gasteiger partial charge in [0.1, 0.15) is 5.82 Å². The lowest BCUT2D eigenvalue weighted by molar-refractivity contribution is 0.570. The molecule has 0 aliphatic carbocycles. The molecule has 2 N–H and O–H groups in total. The minimum Gasteiger partial charge on any atom is -0.384 e. The Hall–Kier alpha value is -1.09. The van der Waals surface area contributed by atoms with Gasteiger partial charge in [0, 0.05) is 23.7 Å². The van der Waals surface area contributed by atoms with Crippen molar-refractivity contribution < 1.29 is 4.39 Å². The van der Waals surface area contributed by atoms with Crippen LogP contribution in [0.1, 0.15) is 17.9 Å². The maximum atomic E-state index is 13.5. The van der Waals surface area contributed by atoms with Gasteiger partial charge in [-0.05, 0) is 32.1 Å². The van der Waals surface area contributed by atoms with Gasteiger partial charge < -0.3 is 10.6 Å². The van der Waals surface area contributed by atoms with Crippen LogP contribution in [0.25, 0.3) is 0 Å². The van der Waals surface area contributed by atoms with Crippen molar-refractivity contribution in [2.75, 3.05) is 25.5 Å². The average Bonchev–Trinajstić information content (AvgIpc) is 2.59. The first-order valence-corrected chi connectivity index (χ1v) is 5.00. The normalized spacial score (nSPS) is 19.1. The zero-order valence-corrected chi connectivity index (χ0v) is 8.31. The molecule has 0 saturated carbocycles. The molecule has 76 valence electrons. The van der Waals surface area contributed by atoms with Crippen LogP contribution in [0.15, 0.2) is 18.2 Å². The van der Waals surface area contributed by atoms with Crippen molar-refractivity contribution in [3.63, 3.8) is 0 Å². The van der Waals surface area contributed by atoms with E-state index in [9.17, 15) is 4.39 Å². The van der Waals surface area contributed by atoms with E-state index in [4.69, 9.17) is 0 Å². The fourth-order valence-corrected chi connectivity index (χ4v) is 2.01. The van der Waals surface area contributed by atoms with Gasteiger partial charge in [-0.2, -0.15) is 0 Å². The summed E-state index contributed by atoms with van der Waals surface area (Å²) >= 11 is 0. The minimum absolute atomic E-state index is 0.0754. The Morgan fingerprint density at radius 2 is 2.43 bits per heavy atom. The molecule has 1 aromatic rings. The Bertz CT molecular complexity index is 325. The topological polar surface area (TPSA) is 24.1 Å². The number of benzene rings is 1. The molecular weight excluding hydrogens is 179 g/mol. The Labute approximate surface area is 83.5 Å². The first-order valence-electron chi connectivity index (χ1n) is 5.00. The summed E-state index contributed by atoms with van der Waals surface area (Å²) in [5.41, 5.74) is 1.83. The van der Waals surface area contributed by atoms with Crippen molar-refractivity contribution in [2.24, 2.45) is 0 Å². The maximum absolute atomic E-state index is 13.5. The van der Waals surface area contributed by atoms with Gasteiger partial charge in [0.2, 0.25) is 0 Å². The molecule has 0 saturated heterocycles. The van der Waals surface area contributed by atoms with E-state index in [1.54, 1.807) is 6.07 Å². The van der Waals surface area contributed by atoms with Crippen LogP contribution in [0, 0.1) is 5.82 Å². The number of hydrogen-bond acceptors (Lipinski definition) is 2. The second kappa shape index (κ2) is 3.96. The summed E-state index contributed by atoms with van der Waals surface area (Å²) in [6.07, 6.45) is 0.984. The lowest BCUT2D eigenvalue weighted by Crippen LogP contribution is -2.13. The number of rotatable bonds is 3. The zero-order valence-electron chi connectivity index (χ0n) is 8.31. The predicted octanol–water partition coefficient (Wildman–Crippen LogP) is 1.94. The number of nitrogens with one attached hydrogen (secondary N) is 2. The first-order chi connectivity index (χ1) is 6.83. The third-order valence-electron chi connectivity index (χ3n) is 2.74. The van der Waals surface area contributed by atoms with E-state index in [1.807, 2.05) is 13.1 Å². The molecular formula is C11H15FN2. The van der Waals surface area contributed by atoms with Crippen molar-refractivity contribution in [1.29, 1.82) is 0 Å². The van der Waals surface area contributed by atoms with Crippen LogP contribution < -0.4 is 10.6 Å². The molecule has 0 amide bonds. The number of halogens is 1. The summed E-state index contributed by atoms with van der Waals surface area (Å²) in [5, 5.41) is 6.33. The molecule has 0 fully saturated rings. The van der Waals surface area contributed by atoms with Crippen molar-refractivity contribution in [3.8, 4) is 0 Å². The van der Waals surface area contributed by atoms with Crippen LogP contribution in [0.5, 0.6) is 0 Å². The van der Waals surface area contributed by atoms with Crippen LogP contribution >= 0.6 is 0 Å². The highest BCUT2D eigenvalue weighted by molar-refractivity contribution is 5.58. The molecule has 3 heteroatoms. The van der Waals surface area contributed by atoms with Gasteiger partial charge in [-0.1, -0.05) is 6.07 Å².